The Morgan fingerprint density at radius 3 is 2.43 bits per heavy atom. The molecule has 0 atom stereocenters. The Bertz CT molecular complexity index is 1440. The van der Waals surface area contributed by atoms with Gasteiger partial charge in [0, 0.05) is 24.9 Å². The first-order valence-electron chi connectivity index (χ1n) is 9.14. The highest BCUT2D eigenvalue weighted by Gasteiger charge is 2.24. The molecule has 0 saturated carbocycles. The van der Waals surface area contributed by atoms with Crippen molar-refractivity contribution in [2.45, 2.75) is 36.2 Å². The summed E-state index contributed by atoms with van der Waals surface area (Å²) in [4.78, 5) is 43.0. The monoisotopic (exact) mass is 426 g/mol. The van der Waals surface area contributed by atoms with Crippen LogP contribution in [0.5, 0.6) is 0 Å². The fraction of sp³-hybridized carbons (Fsp3) is 0.300. The predicted octanol–water partition coefficient (Wildman–Crippen LogP) is 2.56. The molecule has 0 aliphatic heterocycles. The van der Waals surface area contributed by atoms with Crippen molar-refractivity contribution in [2.24, 2.45) is 14.1 Å². The zero-order valence-electron chi connectivity index (χ0n) is 17.1. The molecule has 4 aromatic rings. The largest absolute Gasteiger partial charge is 0.332 e. The molecule has 0 bridgehead atoms. The van der Waals surface area contributed by atoms with E-state index in [4.69, 9.17) is 0 Å². The lowest BCUT2D eigenvalue weighted by Gasteiger charge is -2.19. The summed E-state index contributed by atoms with van der Waals surface area (Å²) in [6.45, 7) is 5.83. The van der Waals surface area contributed by atoms with E-state index in [0.717, 1.165) is 16.3 Å². The van der Waals surface area contributed by atoms with Crippen molar-refractivity contribution in [2.75, 3.05) is 0 Å². The van der Waals surface area contributed by atoms with Crippen LogP contribution in [0.15, 0.2) is 44.2 Å². The number of hydrogen-bond acceptors (Lipinski definition) is 7. The van der Waals surface area contributed by atoms with Crippen molar-refractivity contribution in [3.8, 4) is 0 Å². The van der Waals surface area contributed by atoms with Crippen LogP contribution in [0.1, 0.15) is 26.6 Å². The molecular formula is C20H19FN6O2S. The van der Waals surface area contributed by atoms with Crippen molar-refractivity contribution in [1.82, 2.24) is 29.1 Å². The second kappa shape index (κ2) is 6.98. The van der Waals surface area contributed by atoms with Crippen molar-refractivity contribution in [3.63, 3.8) is 0 Å². The minimum absolute atomic E-state index is 0.209. The van der Waals surface area contributed by atoms with Crippen LogP contribution in [-0.4, -0.2) is 29.1 Å². The SMILES string of the molecule is Cn1c(=O)c2c(Sc3ncnc4ccc(F)cc34)nc(C(C)(C)C)nc2n(C)c1=O. The summed E-state index contributed by atoms with van der Waals surface area (Å²) < 4.78 is 16.2. The van der Waals surface area contributed by atoms with Crippen LogP contribution in [-0.2, 0) is 19.5 Å². The lowest BCUT2D eigenvalue weighted by molar-refractivity contribution is 0.539. The third-order valence-corrected chi connectivity index (χ3v) is 5.70. The molecule has 3 aromatic heterocycles. The number of rotatable bonds is 2. The maximum atomic E-state index is 13.9. The smallest absolute Gasteiger partial charge is 0.280 e. The second-order valence-corrected chi connectivity index (χ2v) is 8.93. The summed E-state index contributed by atoms with van der Waals surface area (Å²) in [6, 6.07) is 4.24. The van der Waals surface area contributed by atoms with Crippen LogP contribution in [0.2, 0.25) is 0 Å². The van der Waals surface area contributed by atoms with Crippen LogP contribution in [0.3, 0.4) is 0 Å². The molecule has 10 heteroatoms. The van der Waals surface area contributed by atoms with Gasteiger partial charge in [-0.3, -0.25) is 13.9 Å². The van der Waals surface area contributed by atoms with Gasteiger partial charge in [0.2, 0.25) is 0 Å². The van der Waals surface area contributed by atoms with E-state index >= 15 is 0 Å². The van der Waals surface area contributed by atoms with Crippen LogP contribution < -0.4 is 11.2 Å². The topological polar surface area (TPSA) is 95.6 Å². The quantitative estimate of drug-likeness (QED) is 0.455. The van der Waals surface area contributed by atoms with Gasteiger partial charge in [0.15, 0.2) is 5.65 Å². The Kier molecular flexibility index (Phi) is 4.69. The fourth-order valence-corrected chi connectivity index (χ4v) is 3.99. The lowest BCUT2D eigenvalue weighted by Crippen LogP contribution is -2.38. The zero-order chi connectivity index (χ0) is 21.8. The molecule has 8 nitrogen and oxygen atoms in total. The summed E-state index contributed by atoms with van der Waals surface area (Å²) in [5.41, 5.74) is -0.587. The Hall–Kier alpha value is -3.14. The molecule has 30 heavy (non-hydrogen) atoms. The first-order valence-corrected chi connectivity index (χ1v) is 9.96. The number of aromatic nitrogens is 6. The molecule has 154 valence electrons. The molecule has 3 heterocycles. The first kappa shape index (κ1) is 20.1. The van der Waals surface area contributed by atoms with E-state index in [0.29, 0.717) is 26.8 Å². The van der Waals surface area contributed by atoms with Gasteiger partial charge in [0.25, 0.3) is 5.56 Å². The molecule has 0 unspecified atom stereocenters. The Labute approximate surface area is 174 Å². The average molecular weight is 426 g/mol. The maximum Gasteiger partial charge on any atom is 0.332 e. The number of aryl methyl sites for hydroxylation is 1. The van der Waals surface area contributed by atoms with Gasteiger partial charge in [0.05, 0.1) is 5.52 Å². The Balaban J connectivity index is 2.07. The normalized spacial score (nSPS) is 12.1. The van der Waals surface area contributed by atoms with Gasteiger partial charge in [-0.25, -0.2) is 29.1 Å². The van der Waals surface area contributed by atoms with Gasteiger partial charge in [0.1, 0.15) is 33.4 Å². The van der Waals surface area contributed by atoms with Crippen LogP contribution in [0.25, 0.3) is 21.9 Å². The molecule has 0 spiro atoms. The summed E-state index contributed by atoms with van der Waals surface area (Å²) >= 11 is 1.13. The molecule has 0 amide bonds. The number of hydrogen-bond donors (Lipinski definition) is 0. The van der Waals surface area contributed by atoms with E-state index in [1.54, 1.807) is 13.1 Å². The van der Waals surface area contributed by atoms with Crippen LogP contribution >= 0.6 is 11.8 Å². The minimum Gasteiger partial charge on any atom is -0.280 e. The molecule has 0 N–H and O–H groups in total. The third-order valence-electron chi connectivity index (χ3n) is 4.69. The predicted molar refractivity (Wildman–Crippen MR) is 112 cm³/mol. The van der Waals surface area contributed by atoms with Crippen molar-refractivity contribution in [1.29, 1.82) is 0 Å². The zero-order valence-corrected chi connectivity index (χ0v) is 17.9. The molecule has 0 aliphatic rings. The van der Waals surface area contributed by atoms with Crippen molar-refractivity contribution < 1.29 is 4.39 Å². The van der Waals surface area contributed by atoms with Gasteiger partial charge in [-0.15, -0.1) is 0 Å². The first-order chi connectivity index (χ1) is 14.1. The molecule has 0 saturated heterocycles. The highest BCUT2D eigenvalue weighted by Crippen LogP contribution is 2.34. The molecule has 4 rings (SSSR count). The van der Waals surface area contributed by atoms with Gasteiger partial charge in [-0.1, -0.05) is 20.8 Å². The second-order valence-electron chi connectivity index (χ2n) is 7.95. The van der Waals surface area contributed by atoms with E-state index in [9.17, 15) is 14.0 Å². The van der Waals surface area contributed by atoms with E-state index in [-0.39, 0.29) is 11.0 Å². The lowest BCUT2D eigenvalue weighted by atomic mass is 9.96. The highest BCUT2D eigenvalue weighted by molar-refractivity contribution is 7.99. The van der Waals surface area contributed by atoms with E-state index in [1.807, 2.05) is 20.8 Å². The summed E-state index contributed by atoms with van der Waals surface area (Å²) in [6.07, 6.45) is 1.38. The average Bonchev–Trinajstić information content (AvgIpc) is 2.70. The van der Waals surface area contributed by atoms with Gasteiger partial charge in [-0.2, -0.15) is 0 Å². The van der Waals surface area contributed by atoms with Crippen LogP contribution in [0, 0.1) is 5.82 Å². The summed E-state index contributed by atoms with van der Waals surface area (Å²) in [5.74, 6) is 0.0608. The van der Waals surface area contributed by atoms with Crippen molar-refractivity contribution >= 4 is 33.7 Å². The summed E-state index contributed by atoms with van der Waals surface area (Å²) in [5, 5.41) is 1.52. The van der Waals surface area contributed by atoms with E-state index in [1.165, 1.54) is 30.1 Å². The van der Waals surface area contributed by atoms with Crippen molar-refractivity contribution in [3.05, 3.63) is 57.0 Å². The van der Waals surface area contributed by atoms with E-state index in [2.05, 4.69) is 19.9 Å². The number of halogens is 1. The van der Waals surface area contributed by atoms with E-state index < -0.39 is 22.5 Å². The molecule has 0 fully saturated rings. The molecule has 1 aromatic carbocycles. The standard InChI is InChI=1S/C20H19FN6O2S/c1-20(2,3)18-24-14-13(17(28)27(5)19(29)26(14)4)16(25-18)30-15-11-8-10(21)6-7-12(11)22-9-23-15/h6-9H,1-5H3. The number of benzene rings is 1. The van der Waals surface area contributed by atoms with Gasteiger partial charge in [-0.05, 0) is 30.0 Å². The summed E-state index contributed by atoms with van der Waals surface area (Å²) in [7, 11) is 2.97. The fourth-order valence-electron chi connectivity index (χ4n) is 3.02. The minimum atomic E-state index is -0.499. The third kappa shape index (κ3) is 3.26. The van der Waals surface area contributed by atoms with Gasteiger partial charge < -0.3 is 0 Å². The molecular weight excluding hydrogens is 407 g/mol. The number of nitrogens with zero attached hydrogens (tertiary/aromatic N) is 6. The molecule has 0 aliphatic carbocycles. The van der Waals surface area contributed by atoms with Gasteiger partial charge >= 0.3 is 5.69 Å². The Morgan fingerprint density at radius 1 is 1.00 bits per heavy atom. The highest BCUT2D eigenvalue weighted by atomic mass is 32.2. The Morgan fingerprint density at radius 2 is 1.73 bits per heavy atom. The number of fused-ring (bicyclic) bond motifs is 2. The molecule has 0 radical (unpaired) electrons. The maximum absolute atomic E-state index is 13.9. The van der Waals surface area contributed by atoms with Crippen LogP contribution in [0.4, 0.5) is 4.39 Å².